The van der Waals surface area contributed by atoms with Crippen LogP contribution in [-0.2, 0) is 0 Å². The van der Waals surface area contributed by atoms with Gasteiger partial charge >= 0.3 is 0 Å². The summed E-state index contributed by atoms with van der Waals surface area (Å²) >= 11 is 0. The fourth-order valence-electron chi connectivity index (χ4n) is 2.72. The maximum absolute atomic E-state index is 4.14. The molecule has 2 aromatic heterocycles. The molecule has 0 aromatic carbocycles. The first-order chi connectivity index (χ1) is 9.83. The summed E-state index contributed by atoms with van der Waals surface area (Å²) in [7, 11) is 0. The molecule has 1 aliphatic heterocycles. The minimum absolute atomic E-state index is 0.583. The number of likely N-dealkylation sites (tertiary alicyclic amines) is 1. The van der Waals surface area contributed by atoms with E-state index in [4.69, 9.17) is 0 Å². The van der Waals surface area contributed by atoms with Crippen LogP contribution in [0.3, 0.4) is 0 Å². The summed E-state index contributed by atoms with van der Waals surface area (Å²) in [5, 5.41) is 14.9. The highest BCUT2D eigenvalue weighted by molar-refractivity contribution is 5.43. The molecular formula is C13H21N7. The van der Waals surface area contributed by atoms with Crippen LogP contribution in [0.15, 0.2) is 12.4 Å². The zero-order valence-electron chi connectivity index (χ0n) is 11.9. The summed E-state index contributed by atoms with van der Waals surface area (Å²) in [6.45, 7) is 6.81. The Morgan fingerprint density at radius 3 is 2.95 bits per heavy atom. The van der Waals surface area contributed by atoms with E-state index < -0.39 is 0 Å². The topological polar surface area (TPSA) is 71.2 Å². The highest BCUT2D eigenvalue weighted by Crippen LogP contribution is 2.12. The van der Waals surface area contributed by atoms with E-state index >= 15 is 0 Å². The van der Waals surface area contributed by atoms with Crippen molar-refractivity contribution in [3.63, 3.8) is 0 Å². The Labute approximate surface area is 118 Å². The van der Waals surface area contributed by atoms with Crippen molar-refractivity contribution in [2.75, 3.05) is 31.5 Å². The van der Waals surface area contributed by atoms with Crippen LogP contribution in [0.5, 0.6) is 0 Å². The summed E-state index contributed by atoms with van der Waals surface area (Å²) in [5.41, 5.74) is 0.665. The highest BCUT2D eigenvalue weighted by Gasteiger charge is 2.13. The molecule has 20 heavy (non-hydrogen) atoms. The molecule has 108 valence electrons. The molecule has 1 atom stereocenters. The van der Waals surface area contributed by atoms with E-state index in [-0.39, 0.29) is 0 Å². The van der Waals surface area contributed by atoms with E-state index in [0.717, 1.165) is 18.9 Å². The van der Waals surface area contributed by atoms with Crippen molar-refractivity contribution >= 4 is 11.5 Å². The number of nitrogens with one attached hydrogen (secondary N) is 1. The molecule has 3 rings (SSSR count). The fraction of sp³-hybridized carbons (Fsp3) is 0.692. The molecule has 7 nitrogen and oxygen atoms in total. The Bertz CT molecular complexity index is 546. The first-order valence-electron chi connectivity index (χ1n) is 7.31. The van der Waals surface area contributed by atoms with Crippen LogP contribution >= 0.6 is 0 Å². The maximum Gasteiger partial charge on any atom is 0.199 e. The van der Waals surface area contributed by atoms with E-state index in [2.05, 4.69) is 37.6 Å². The standard InChI is InChI=1S/C13H21N7/c1-11(10-19-5-3-2-4-6-19)7-15-12-8-14-9-13-16-17-18-20(12)13/h8-9,11,15H,2-7,10H2,1H3. The summed E-state index contributed by atoms with van der Waals surface area (Å²) in [5.74, 6) is 1.43. The highest BCUT2D eigenvalue weighted by atomic mass is 15.5. The number of anilines is 1. The van der Waals surface area contributed by atoms with E-state index in [1.807, 2.05) is 0 Å². The van der Waals surface area contributed by atoms with Crippen LogP contribution in [-0.4, -0.2) is 56.1 Å². The van der Waals surface area contributed by atoms with Gasteiger partial charge in [-0.2, -0.15) is 4.52 Å². The first-order valence-corrected chi connectivity index (χ1v) is 7.31. The number of fused-ring (bicyclic) bond motifs is 1. The molecule has 0 bridgehead atoms. The number of hydrogen-bond acceptors (Lipinski definition) is 6. The average molecular weight is 275 g/mol. The number of tetrazole rings is 1. The van der Waals surface area contributed by atoms with Crippen molar-refractivity contribution in [2.24, 2.45) is 5.92 Å². The van der Waals surface area contributed by atoms with Crippen LogP contribution in [0.25, 0.3) is 5.65 Å². The zero-order valence-corrected chi connectivity index (χ0v) is 11.9. The number of rotatable bonds is 5. The van der Waals surface area contributed by atoms with Gasteiger partial charge in [0.25, 0.3) is 0 Å². The Hall–Kier alpha value is -1.76. The smallest absolute Gasteiger partial charge is 0.199 e. The van der Waals surface area contributed by atoms with E-state index in [9.17, 15) is 0 Å². The summed E-state index contributed by atoms with van der Waals surface area (Å²) < 4.78 is 1.68. The second kappa shape index (κ2) is 6.13. The third-order valence-corrected chi connectivity index (χ3v) is 3.76. The van der Waals surface area contributed by atoms with Gasteiger partial charge in [-0.3, -0.25) is 4.98 Å². The van der Waals surface area contributed by atoms with Gasteiger partial charge in [-0.05, 0) is 42.3 Å². The molecule has 1 aliphatic rings. The molecule has 0 spiro atoms. The Morgan fingerprint density at radius 1 is 1.25 bits per heavy atom. The van der Waals surface area contributed by atoms with Crippen molar-refractivity contribution in [2.45, 2.75) is 26.2 Å². The van der Waals surface area contributed by atoms with Gasteiger partial charge in [0.2, 0.25) is 0 Å². The van der Waals surface area contributed by atoms with Crippen LogP contribution in [0.4, 0.5) is 5.82 Å². The molecule has 2 aromatic rings. The van der Waals surface area contributed by atoms with Crippen molar-refractivity contribution in [1.82, 2.24) is 29.9 Å². The lowest BCUT2D eigenvalue weighted by Crippen LogP contribution is -2.35. The van der Waals surface area contributed by atoms with E-state index in [1.54, 1.807) is 16.9 Å². The summed E-state index contributed by atoms with van der Waals surface area (Å²) in [4.78, 5) is 6.70. The van der Waals surface area contributed by atoms with Gasteiger partial charge < -0.3 is 10.2 Å². The van der Waals surface area contributed by atoms with Crippen molar-refractivity contribution < 1.29 is 0 Å². The molecule has 0 aliphatic carbocycles. The Balaban J connectivity index is 1.54. The van der Waals surface area contributed by atoms with Gasteiger partial charge in [-0.25, -0.2) is 0 Å². The van der Waals surface area contributed by atoms with Crippen LogP contribution in [0, 0.1) is 5.92 Å². The second-order valence-corrected chi connectivity index (χ2v) is 5.59. The summed E-state index contributed by atoms with van der Waals surface area (Å²) in [6, 6.07) is 0. The molecule has 0 saturated carbocycles. The second-order valence-electron chi connectivity index (χ2n) is 5.59. The van der Waals surface area contributed by atoms with E-state index in [1.165, 1.54) is 32.4 Å². The molecule has 3 heterocycles. The van der Waals surface area contributed by atoms with Crippen molar-refractivity contribution in [1.29, 1.82) is 0 Å². The third-order valence-electron chi connectivity index (χ3n) is 3.76. The summed E-state index contributed by atoms with van der Waals surface area (Å²) in [6.07, 6.45) is 7.48. The monoisotopic (exact) mass is 275 g/mol. The first kappa shape index (κ1) is 13.2. The van der Waals surface area contributed by atoms with Gasteiger partial charge in [-0.15, -0.1) is 5.10 Å². The van der Waals surface area contributed by atoms with Gasteiger partial charge in [0.15, 0.2) is 5.65 Å². The largest absolute Gasteiger partial charge is 0.368 e. The van der Waals surface area contributed by atoms with Gasteiger partial charge in [0.05, 0.1) is 12.4 Å². The van der Waals surface area contributed by atoms with E-state index in [0.29, 0.717) is 11.6 Å². The van der Waals surface area contributed by atoms with Crippen LogP contribution < -0.4 is 5.32 Å². The molecule has 1 saturated heterocycles. The number of piperidine rings is 1. The molecule has 1 N–H and O–H groups in total. The quantitative estimate of drug-likeness (QED) is 0.879. The SMILES string of the molecule is CC(CNc1cncc2nnnn12)CN1CCCCC1. The van der Waals surface area contributed by atoms with Crippen LogP contribution in [0.1, 0.15) is 26.2 Å². The average Bonchev–Trinajstić information content (AvgIpc) is 2.95. The lowest BCUT2D eigenvalue weighted by molar-refractivity contribution is 0.204. The third kappa shape index (κ3) is 3.04. The molecule has 7 heteroatoms. The maximum atomic E-state index is 4.14. The molecular weight excluding hydrogens is 254 g/mol. The molecule has 0 amide bonds. The predicted molar refractivity (Wildman–Crippen MR) is 76.5 cm³/mol. The molecule has 1 fully saturated rings. The lowest BCUT2D eigenvalue weighted by Gasteiger charge is -2.29. The Morgan fingerprint density at radius 2 is 2.10 bits per heavy atom. The van der Waals surface area contributed by atoms with Crippen molar-refractivity contribution in [3.05, 3.63) is 12.4 Å². The van der Waals surface area contributed by atoms with Gasteiger partial charge in [-0.1, -0.05) is 13.3 Å². The fourth-order valence-corrected chi connectivity index (χ4v) is 2.72. The normalized spacial score (nSPS) is 18.2. The minimum Gasteiger partial charge on any atom is -0.368 e. The van der Waals surface area contributed by atoms with Crippen molar-refractivity contribution in [3.8, 4) is 0 Å². The number of nitrogens with zero attached hydrogens (tertiary/aromatic N) is 6. The van der Waals surface area contributed by atoms with Crippen LogP contribution in [0.2, 0.25) is 0 Å². The number of aromatic nitrogens is 5. The molecule has 1 unspecified atom stereocenters. The van der Waals surface area contributed by atoms with Gasteiger partial charge in [0.1, 0.15) is 5.82 Å². The predicted octanol–water partition coefficient (Wildman–Crippen LogP) is 1.05. The lowest BCUT2D eigenvalue weighted by atomic mass is 10.1. The minimum atomic E-state index is 0.583. The molecule has 0 radical (unpaired) electrons. The van der Waals surface area contributed by atoms with Gasteiger partial charge in [0, 0.05) is 13.1 Å². The zero-order chi connectivity index (χ0) is 13.8. The Kier molecular flexibility index (Phi) is 4.05. The number of hydrogen-bond donors (Lipinski definition) is 1.